The van der Waals surface area contributed by atoms with E-state index in [9.17, 15) is 5.11 Å². The van der Waals surface area contributed by atoms with Crippen LogP contribution in [-0.2, 0) is 6.42 Å². The zero-order chi connectivity index (χ0) is 10.7. The van der Waals surface area contributed by atoms with Gasteiger partial charge in [0, 0.05) is 0 Å². The molecule has 1 aliphatic carbocycles. The first-order valence-corrected chi connectivity index (χ1v) is 6.88. The van der Waals surface area contributed by atoms with Crippen LogP contribution in [0.25, 0.3) is 0 Å². The van der Waals surface area contributed by atoms with E-state index in [1.165, 1.54) is 24.8 Å². The Bertz CT molecular complexity index is 293. The van der Waals surface area contributed by atoms with Crippen LogP contribution in [0.2, 0.25) is 0 Å². The molecule has 0 bridgehead atoms. The normalized spacial score (nSPS) is 31.7. The second kappa shape index (κ2) is 4.67. The van der Waals surface area contributed by atoms with Gasteiger partial charge in [-0.15, -0.1) is 0 Å². The summed E-state index contributed by atoms with van der Waals surface area (Å²) in [5.74, 6) is 0.477. The van der Waals surface area contributed by atoms with E-state index in [0.29, 0.717) is 5.92 Å². The van der Waals surface area contributed by atoms with Crippen LogP contribution < -0.4 is 0 Å². The lowest BCUT2D eigenvalue weighted by atomic mass is 9.73. The van der Waals surface area contributed by atoms with Crippen LogP contribution in [0.1, 0.15) is 44.6 Å². The Morgan fingerprint density at radius 1 is 1.53 bits per heavy atom. The maximum Gasteiger partial charge on any atom is 0.0676 e. The molecule has 2 heteroatoms. The molecule has 0 radical (unpaired) electrons. The van der Waals surface area contributed by atoms with E-state index in [1.54, 1.807) is 11.3 Å². The van der Waals surface area contributed by atoms with Gasteiger partial charge in [-0.25, -0.2) is 0 Å². The summed E-state index contributed by atoms with van der Waals surface area (Å²) in [4.78, 5) is 0. The van der Waals surface area contributed by atoms with Crippen molar-refractivity contribution in [3.8, 4) is 0 Å². The van der Waals surface area contributed by atoms with Crippen LogP contribution in [-0.4, -0.2) is 10.7 Å². The molecule has 0 amide bonds. The summed E-state index contributed by atoms with van der Waals surface area (Å²) < 4.78 is 0. The van der Waals surface area contributed by atoms with Crippen molar-refractivity contribution in [1.29, 1.82) is 0 Å². The van der Waals surface area contributed by atoms with Crippen LogP contribution in [0, 0.1) is 5.92 Å². The van der Waals surface area contributed by atoms with Crippen LogP contribution in [0.15, 0.2) is 16.8 Å². The maximum absolute atomic E-state index is 10.5. The third-order valence-electron chi connectivity index (χ3n) is 3.84. The number of thiophene rings is 1. The average molecular weight is 224 g/mol. The molecule has 0 spiro atoms. The van der Waals surface area contributed by atoms with E-state index in [2.05, 4.69) is 23.8 Å². The topological polar surface area (TPSA) is 20.2 Å². The Hall–Kier alpha value is -0.340. The van der Waals surface area contributed by atoms with E-state index in [4.69, 9.17) is 0 Å². The molecule has 1 nitrogen and oxygen atoms in total. The van der Waals surface area contributed by atoms with E-state index in [1.807, 2.05) is 0 Å². The Kier molecular flexibility index (Phi) is 3.47. The average Bonchev–Trinajstić information content (AvgIpc) is 2.73. The number of rotatable bonds is 3. The van der Waals surface area contributed by atoms with E-state index in [0.717, 1.165) is 19.3 Å². The van der Waals surface area contributed by atoms with Gasteiger partial charge in [0.1, 0.15) is 0 Å². The van der Waals surface area contributed by atoms with Crippen molar-refractivity contribution < 1.29 is 5.11 Å². The van der Waals surface area contributed by atoms with Gasteiger partial charge in [-0.3, -0.25) is 0 Å². The summed E-state index contributed by atoms with van der Waals surface area (Å²) in [6.45, 7) is 2.20. The minimum absolute atomic E-state index is 0.389. The van der Waals surface area contributed by atoms with Crippen molar-refractivity contribution >= 4 is 11.3 Å². The number of aliphatic hydroxyl groups is 1. The molecule has 1 aromatic rings. The largest absolute Gasteiger partial charge is 0.390 e. The molecule has 15 heavy (non-hydrogen) atoms. The van der Waals surface area contributed by atoms with Crippen molar-refractivity contribution in [2.45, 2.75) is 51.0 Å². The lowest BCUT2D eigenvalue weighted by molar-refractivity contribution is -0.0475. The predicted molar refractivity (Wildman–Crippen MR) is 65.2 cm³/mol. The van der Waals surface area contributed by atoms with Crippen LogP contribution in [0.3, 0.4) is 0 Å². The Balaban J connectivity index is 1.91. The molecule has 1 fully saturated rings. The van der Waals surface area contributed by atoms with Crippen molar-refractivity contribution in [1.82, 2.24) is 0 Å². The third kappa shape index (κ3) is 2.61. The van der Waals surface area contributed by atoms with Crippen molar-refractivity contribution in [3.05, 3.63) is 22.4 Å². The van der Waals surface area contributed by atoms with E-state index < -0.39 is 0 Å². The first-order chi connectivity index (χ1) is 7.21. The number of aryl methyl sites for hydroxylation is 1. The summed E-state index contributed by atoms with van der Waals surface area (Å²) in [6.07, 6.45) is 6.65. The SMILES string of the molecule is CC1CCCCC1(O)CCc1ccsc1. The molecule has 0 aromatic carbocycles. The summed E-state index contributed by atoms with van der Waals surface area (Å²) in [5, 5.41) is 14.8. The molecule has 2 atom stereocenters. The molecular weight excluding hydrogens is 204 g/mol. The van der Waals surface area contributed by atoms with Gasteiger partial charge in [0.05, 0.1) is 5.60 Å². The molecule has 1 heterocycles. The molecule has 0 saturated heterocycles. The fourth-order valence-electron chi connectivity index (χ4n) is 2.56. The third-order valence-corrected chi connectivity index (χ3v) is 4.57. The number of hydrogen-bond donors (Lipinski definition) is 1. The van der Waals surface area contributed by atoms with Crippen LogP contribution in [0.4, 0.5) is 0 Å². The van der Waals surface area contributed by atoms with Gasteiger partial charge in [0.2, 0.25) is 0 Å². The minimum atomic E-state index is -0.389. The summed E-state index contributed by atoms with van der Waals surface area (Å²) in [6, 6.07) is 2.17. The predicted octanol–water partition coefficient (Wildman–Crippen LogP) is 3.62. The van der Waals surface area contributed by atoms with Crippen molar-refractivity contribution in [2.75, 3.05) is 0 Å². The smallest absolute Gasteiger partial charge is 0.0676 e. The number of hydrogen-bond acceptors (Lipinski definition) is 2. The van der Waals surface area contributed by atoms with Crippen LogP contribution in [0.5, 0.6) is 0 Å². The second-order valence-electron chi connectivity index (χ2n) is 4.88. The maximum atomic E-state index is 10.5. The Morgan fingerprint density at radius 2 is 2.40 bits per heavy atom. The van der Waals surface area contributed by atoms with Gasteiger partial charge < -0.3 is 5.11 Å². The molecule has 1 N–H and O–H groups in total. The highest BCUT2D eigenvalue weighted by Gasteiger charge is 2.35. The first-order valence-electron chi connectivity index (χ1n) is 5.94. The summed E-state index contributed by atoms with van der Waals surface area (Å²) >= 11 is 1.74. The highest BCUT2D eigenvalue weighted by Crippen LogP contribution is 2.36. The Labute approximate surface area is 96.1 Å². The molecule has 84 valence electrons. The standard InChI is InChI=1S/C13H20OS/c1-11-4-2-3-7-13(11,14)8-5-12-6-9-15-10-12/h6,9-11,14H,2-5,7-8H2,1H3. The van der Waals surface area contributed by atoms with Gasteiger partial charge in [0.15, 0.2) is 0 Å². The van der Waals surface area contributed by atoms with E-state index >= 15 is 0 Å². The Morgan fingerprint density at radius 3 is 3.07 bits per heavy atom. The van der Waals surface area contributed by atoms with E-state index in [-0.39, 0.29) is 5.60 Å². The minimum Gasteiger partial charge on any atom is -0.390 e. The highest BCUT2D eigenvalue weighted by atomic mass is 32.1. The lowest BCUT2D eigenvalue weighted by Crippen LogP contribution is -2.39. The van der Waals surface area contributed by atoms with Gasteiger partial charge >= 0.3 is 0 Å². The van der Waals surface area contributed by atoms with Gasteiger partial charge in [-0.1, -0.05) is 19.8 Å². The molecular formula is C13H20OS. The molecule has 2 unspecified atom stereocenters. The van der Waals surface area contributed by atoms with Gasteiger partial charge in [-0.2, -0.15) is 11.3 Å². The lowest BCUT2D eigenvalue weighted by Gasteiger charge is -2.38. The molecule has 1 saturated carbocycles. The fourth-order valence-corrected chi connectivity index (χ4v) is 3.27. The zero-order valence-electron chi connectivity index (χ0n) is 9.41. The first kappa shape index (κ1) is 11.2. The highest BCUT2D eigenvalue weighted by molar-refractivity contribution is 7.07. The monoisotopic (exact) mass is 224 g/mol. The summed E-state index contributed by atoms with van der Waals surface area (Å²) in [7, 11) is 0. The molecule has 2 rings (SSSR count). The van der Waals surface area contributed by atoms with Gasteiger partial charge in [0.25, 0.3) is 0 Å². The molecule has 1 aromatic heterocycles. The zero-order valence-corrected chi connectivity index (χ0v) is 10.2. The van der Waals surface area contributed by atoms with Crippen molar-refractivity contribution in [2.24, 2.45) is 5.92 Å². The second-order valence-corrected chi connectivity index (χ2v) is 5.66. The van der Waals surface area contributed by atoms with Crippen molar-refractivity contribution in [3.63, 3.8) is 0 Å². The molecule has 0 aliphatic heterocycles. The quantitative estimate of drug-likeness (QED) is 0.831. The fraction of sp³-hybridized carbons (Fsp3) is 0.692. The van der Waals surface area contributed by atoms with Crippen LogP contribution >= 0.6 is 11.3 Å². The molecule has 1 aliphatic rings. The summed E-state index contributed by atoms with van der Waals surface area (Å²) in [5.41, 5.74) is 0.992. The van der Waals surface area contributed by atoms with Gasteiger partial charge in [-0.05, 0) is 54.0 Å².